The van der Waals surface area contributed by atoms with Crippen molar-refractivity contribution in [1.82, 2.24) is 4.67 Å². The van der Waals surface area contributed by atoms with Crippen LogP contribution in [0.3, 0.4) is 0 Å². The zero-order valence-electron chi connectivity index (χ0n) is 8.85. The minimum Gasteiger partial charge on any atom is -0.245 e. The lowest BCUT2D eigenvalue weighted by molar-refractivity contribution is 0.154. The van der Waals surface area contributed by atoms with Gasteiger partial charge in [0.05, 0.1) is 0 Å². The van der Waals surface area contributed by atoms with Crippen LogP contribution in [0.4, 0.5) is 4.39 Å². The van der Waals surface area contributed by atoms with E-state index < -0.39 is 0 Å². The van der Waals surface area contributed by atoms with Crippen molar-refractivity contribution < 1.29 is 4.39 Å². The maximum atomic E-state index is 12.1. The standard InChI is InChI=1S/C9H19FNP/c1-8(2,3)11(12-7-10)9(4,5)6/h7H,1-6H3. The predicted octanol–water partition coefficient (Wildman–Crippen LogP) is 3.48. The third-order valence-electron chi connectivity index (χ3n) is 1.43. The van der Waals surface area contributed by atoms with E-state index in [0.717, 1.165) is 0 Å². The van der Waals surface area contributed by atoms with Gasteiger partial charge in [0.1, 0.15) is 6.05 Å². The van der Waals surface area contributed by atoms with E-state index in [1.807, 2.05) is 0 Å². The molecule has 0 aliphatic carbocycles. The summed E-state index contributed by atoms with van der Waals surface area (Å²) in [6.07, 6.45) is 0. The molecule has 0 spiro atoms. The summed E-state index contributed by atoms with van der Waals surface area (Å²) in [5, 5.41) is 0. The van der Waals surface area contributed by atoms with Crippen molar-refractivity contribution in [3.63, 3.8) is 0 Å². The van der Waals surface area contributed by atoms with E-state index >= 15 is 0 Å². The Labute approximate surface area is 76.8 Å². The summed E-state index contributed by atoms with van der Waals surface area (Å²) in [6.45, 7) is 12.6. The molecule has 0 radical (unpaired) electrons. The highest BCUT2D eigenvalue weighted by Crippen LogP contribution is 2.31. The maximum Gasteiger partial charge on any atom is 0.125 e. The first-order chi connectivity index (χ1) is 5.19. The first kappa shape index (κ1) is 12.1. The molecule has 0 bridgehead atoms. The van der Waals surface area contributed by atoms with Gasteiger partial charge in [-0.15, -0.1) is 0 Å². The second-order valence-corrected chi connectivity index (χ2v) is 5.69. The molecule has 0 fully saturated rings. The number of hydrogen-bond acceptors (Lipinski definition) is 1. The van der Waals surface area contributed by atoms with Gasteiger partial charge in [-0.3, -0.25) is 0 Å². The monoisotopic (exact) mass is 191 g/mol. The van der Waals surface area contributed by atoms with Crippen molar-refractivity contribution in [2.24, 2.45) is 0 Å². The Hall–Kier alpha value is 0.0600. The van der Waals surface area contributed by atoms with Crippen LogP contribution >= 0.6 is 8.35 Å². The molecule has 0 heterocycles. The predicted molar refractivity (Wildman–Crippen MR) is 55.4 cm³/mol. The molecule has 0 amide bonds. The zero-order chi connectivity index (χ0) is 9.99. The zero-order valence-corrected chi connectivity index (χ0v) is 9.74. The summed E-state index contributed by atoms with van der Waals surface area (Å²) < 4.78 is 14.2. The summed E-state index contributed by atoms with van der Waals surface area (Å²) in [4.78, 5) is 0. The lowest BCUT2D eigenvalue weighted by atomic mass is 10.0. The van der Waals surface area contributed by atoms with Gasteiger partial charge in [0.15, 0.2) is 0 Å². The van der Waals surface area contributed by atoms with Crippen LogP contribution in [0.1, 0.15) is 41.5 Å². The van der Waals surface area contributed by atoms with E-state index in [4.69, 9.17) is 0 Å². The molecule has 72 valence electrons. The summed E-state index contributed by atoms with van der Waals surface area (Å²) >= 11 is 0. The molecule has 12 heavy (non-hydrogen) atoms. The first-order valence-corrected chi connectivity index (χ1v) is 5.04. The third kappa shape index (κ3) is 3.64. The first-order valence-electron chi connectivity index (χ1n) is 4.12. The molecule has 0 aromatic carbocycles. The molecule has 0 atom stereocenters. The van der Waals surface area contributed by atoms with Gasteiger partial charge in [0.2, 0.25) is 0 Å². The summed E-state index contributed by atoms with van der Waals surface area (Å²) in [5.74, 6) is 0. The van der Waals surface area contributed by atoms with Gasteiger partial charge >= 0.3 is 0 Å². The molecule has 0 aromatic heterocycles. The fraction of sp³-hybridized carbons (Fsp3) is 0.889. The minimum absolute atomic E-state index is 0.00238. The molecule has 0 aromatic rings. The van der Waals surface area contributed by atoms with Crippen LogP contribution in [0, 0.1) is 0 Å². The second kappa shape index (κ2) is 3.85. The van der Waals surface area contributed by atoms with Crippen molar-refractivity contribution in [1.29, 1.82) is 0 Å². The Bertz CT molecular complexity index is 150. The molecular formula is C9H19FNP. The van der Waals surface area contributed by atoms with E-state index in [2.05, 4.69) is 46.2 Å². The molecule has 0 N–H and O–H groups in total. The van der Waals surface area contributed by atoms with E-state index in [-0.39, 0.29) is 11.1 Å². The SMILES string of the molecule is CC(C)(C)N(P=CF)C(C)(C)C. The quantitative estimate of drug-likeness (QED) is 0.573. The van der Waals surface area contributed by atoms with E-state index in [9.17, 15) is 4.39 Å². The molecular weight excluding hydrogens is 172 g/mol. The highest BCUT2D eigenvalue weighted by Gasteiger charge is 2.30. The van der Waals surface area contributed by atoms with Crippen LogP contribution in [0.2, 0.25) is 0 Å². The molecule has 0 aliphatic heterocycles. The van der Waals surface area contributed by atoms with Gasteiger partial charge in [0.25, 0.3) is 0 Å². The third-order valence-corrected chi connectivity index (χ3v) is 2.95. The maximum absolute atomic E-state index is 12.1. The summed E-state index contributed by atoms with van der Waals surface area (Å²) in [6, 6.07) is 0.691. The van der Waals surface area contributed by atoms with Crippen LogP contribution < -0.4 is 0 Å². The van der Waals surface area contributed by atoms with E-state index in [1.54, 1.807) is 0 Å². The van der Waals surface area contributed by atoms with Gasteiger partial charge in [-0.25, -0.2) is 9.06 Å². The van der Waals surface area contributed by atoms with Crippen LogP contribution in [0.5, 0.6) is 0 Å². The smallest absolute Gasteiger partial charge is 0.125 e. The van der Waals surface area contributed by atoms with E-state index in [1.165, 1.54) is 0 Å². The van der Waals surface area contributed by atoms with Crippen LogP contribution in [0.25, 0.3) is 0 Å². The fourth-order valence-electron chi connectivity index (χ4n) is 1.40. The minimum atomic E-state index is 0.00238. The van der Waals surface area contributed by atoms with Crippen LogP contribution in [-0.2, 0) is 0 Å². The van der Waals surface area contributed by atoms with Crippen molar-refractivity contribution >= 4 is 14.4 Å². The van der Waals surface area contributed by atoms with Crippen molar-refractivity contribution in [3.05, 3.63) is 0 Å². The van der Waals surface area contributed by atoms with Gasteiger partial charge in [-0.05, 0) is 41.5 Å². The molecule has 1 nitrogen and oxygen atoms in total. The van der Waals surface area contributed by atoms with Crippen LogP contribution in [0.15, 0.2) is 0 Å². The number of rotatable bonds is 1. The van der Waals surface area contributed by atoms with Gasteiger partial charge in [-0.1, -0.05) is 0 Å². The molecule has 0 unspecified atom stereocenters. The van der Waals surface area contributed by atoms with Crippen molar-refractivity contribution in [2.45, 2.75) is 52.6 Å². The normalized spacial score (nSPS) is 14.7. The van der Waals surface area contributed by atoms with Crippen molar-refractivity contribution in [3.8, 4) is 0 Å². The van der Waals surface area contributed by atoms with Crippen molar-refractivity contribution in [2.75, 3.05) is 0 Å². The molecule has 0 saturated carbocycles. The lowest BCUT2D eigenvalue weighted by Crippen LogP contribution is -2.46. The van der Waals surface area contributed by atoms with E-state index in [0.29, 0.717) is 14.4 Å². The topological polar surface area (TPSA) is 3.24 Å². The Morgan fingerprint density at radius 3 is 1.42 bits per heavy atom. The van der Waals surface area contributed by atoms with Gasteiger partial charge in [-0.2, -0.15) is 0 Å². The van der Waals surface area contributed by atoms with Gasteiger partial charge in [0, 0.05) is 19.4 Å². The Balaban J connectivity index is 4.69. The molecule has 3 heteroatoms. The largest absolute Gasteiger partial charge is 0.245 e. The number of hydrogen-bond donors (Lipinski definition) is 0. The van der Waals surface area contributed by atoms with Gasteiger partial charge < -0.3 is 0 Å². The number of nitrogens with zero attached hydrogens (tertiary/aromatic N) is 1. The Kier molecular flexibility index (Phi) is 3.87. The summed E-state index contributed by atoms with van der Waals surface area (Å²) in [5.41, 5.74) is 0.00475. The molecule has 0 aliphatic rings. The fourth-order valence-corrected chi connectivity index (χ4v) is 2.18. The average Bonchev–Trinajstić information content (AvgIpc) is 1.77. The lowest BCUT2D eigenvalue weighted by Gasteiger charge is -2.41. The van der Waals surface area contributed by atoms with Crippen LogP contribution in [-0.4, -0.2) is 21.8 Å². The molecule has 0 saturated heterocycles. The second-order valence-electron chi connectivity index (χ2n) is 4.87. The Morgan fingerprint density at radius 2 is 1.33 bits per heavy atom. The molecule has 0 rings (SSSR count). The summed E-state index contributed by atoms with van der Waals surface area (Å²) in [7, 11) is 0.641. The highest BCUT2D eigenvalue weighted by molar-refractivity contribution is 7.35. The highest BCUT2D eigenvalue weighted by atomic mass is 31.1. The number of halogens is 1. The Morgan fingerprint density at radius 1 is 1.00 bits per heavy atom. The average molecular weight is 191 g/mol.